The number of nitrogens with two attached hydrogens (primary N) is 2. The second-order valence-electron chi connectivity index (χ2n) is 6.51. The number of aliphatic hydroxyl groups is 1. The summed E-state index contributed by atoms with van der Waals surface area (Å²) in [5, 5.41) is 8.37. The third-order valence-corrected chi connectivity index (χ3v) is 4.41. The van der Waals surface area contributed by atoms with Crippen molar-refractivity contribution in [3.8, 4) is 5.75 Å². The van der Waals surface area contributed by atoms with Crippen molar-refractivity contribution in [1.29, 1.82) is 0 Å². The number of rotatable bonds is 11. The highest BCUT2D eigenvalue weighted by Gasteiger charge is 2.13. The fourth-order valence-electron chi connectivity index (χ4n) is 2.90. The molecular formula is C24H41N5O2. The number of aromatic nitrogens is 1. The van der Waals surface area contributed by atoms with Gasteiger partial charge in [0.1, 0.15) is 17.3 Å². The molecule has 0 aliphatic rings. The van der Waals surface area contributed by atoms with Crippen molar-refractivity contribution >= 4 is 18.2 Å². The first-order valence-electron chi connectivity index (χ1n) is 11.0. The van der Waals surface area contributed by atoms with E-state index in [9.17, 15) is 0 Å². The van der Waals surface area contributed by atoms with Crippen molar-refractivity contribution in [1.82, 2.24) is 4.57 Å². The van der Waals surface area contributed by atoms with E-state index in [1.54, 1.807) is 7.11 Å². The number of unbranched alkanes of at least 4 members (excludes halogenated alkanes) is 4. The van der Waals surface area contributed by atoms with E-state index in [-0.39, 0.29) is 6.67 Å². The Kier molecular flexibility index (Phi) is 16.6. The largest absolute Gasteiger partial charge is 0.496 e. The molecule has 0 spiro atoms. The summed E-state index contributed by atoms with van der Waals surface area (Å²) in [7, 11) is 1.65. The predicted octanol–water partition coefficient (Wildman–Crippen LogP) is 4.47. The number of methoxy groups -OCH3 is 1. The molecule has 0 aliphatic carbocycles. The van der Waals surface area contributed by atoms with Gasteiger partial charge in [0.05, 0.1) is 26.0 Å². The fourth-order valence-corrected chi connectivity index (χ4v) is 2.90. The van der Waals surface area contributed by atoms with E-state index in [4.69, 9.17) is 21.3 Å². The van der Waals surface area contributed by atoms with Crippen molar-refractivity contribution in [3.05, 3.63) is 47.8 Å². The van der Waals surface area contributed by atoms with Gasteiger partial charge in [0, 0.05) is 18.4 Å². The van der Waals surface area contributed by atoms with Gasteiger partial charge in [-0.15, -0.1) is 0 Å². The van der Waals surface area contributed by atoms with Crippen LogP contribution in [0.3, 0.4) is 0 Å². The second-order valence-corrected chi connectivity index (χ2v) is 6.51. The van der Waals surface area contributed by atoms with E-state index in [0.29, 0.717) is 30.4 Å². The van der Waals surface area contributed by atoms with Crippen LogP contribution in [-0.4, -0.2) is 42.6 Å². The van der Waals surface area contributed by atoms with Crippen LogP contribution in [0.5, 0.6) is 5.75 Å². The first-order chi connectivity index (χ1) is 15.1. The van der Waals surface area contributed by atoms with Gasteiger partial charge >= 0.3 is 0 Å². The maximum atomic E-state index is 8.37. The summed E-state index contributed by atoms with van der Waals surface area (Å²) in [6.45, 7) is 10.8. The van der Waals surface area contributed by atoms with E-state index in [0.717, 1.165) is 17.7 Å². The third-order valence-electron chi connectivity index (χ3n) is 4.41. The van der Waals surface area contributed by atoms with E-state index in [1.165, 1.54) is 25.7 Å². The van der Waals surface area contributed by atoms with Gasteiger partial charge in [0.25, 0.3) is 0 Å². The summed E-state index contributed by atoms with van der Waals surface area (Å²) in [6, 6.07) is 9.66. The Hall–Kier alpha value is -2.64. The Balaban J connectivity index is 0.000000762. The Labute approximate surface area is 187 Å². The van der Waals surface area contributed by atoms with Crippen molar-refractivity contribution in [2.24, 2.45) is 21.5 Å². The van der Waals surface area contributed by atoms with Crippen molar-refractivity contribution < 1.29 is 9.84 Å². The number of hydrogen-bond acceptors (Lipinski definition) is 5. The number of hydrogen-bond donors (Lipinski definition) is 3. The highest BCUT2D eigenvalue weighted by molar-refractivity contribution is 6.00. The molecule has 7 nitrogen and oxygen atoms in total. The molecule has 0 amide bonds. The first kappa shape index (κ1) is 28.4. The standard InChI is InChI=1S/C15H19N5O.C7H16O.C2H6/c1-18-12-7-8-20(14(12)15(17)19-10-16)9-11-5-3-4-6-13(11)21-2;1-2-3-4-5-6-7-8;1-2/h3-8H,1,9-10,16H2,2H3,(H2,17,19);8H,2-7H2,1H3;1-2H3. The van der Waals surface area contributed by atoms with Gasteiger partial charge in [-0.2, -0.15) is 0 Å². The number of nitrogens with zero attached hydrogens (tertiary/aromatic N) is 3. The van der Waals surface area contributed by atoms with Gasteiger partial charge in [0.2, 0.25) is 0 Å². The van der Waals surface area contributed by atoms with Crippen LogP contribution >= 0.6 is 0 Å². The molecule has 2 rings (SSSR count). The predicted molar refractivity (Wildman–Crippen MR) is 133 cm³/mol. The average molecular weight is 432 g/mol. The summed E-state index contributed by atoms with van der Waals surface area (Å²) < 4.78 is 7.32. The monoisotopic (exact) mass is 431 g/mol. The third kappa shape index (κ3) is 10.3. The molecule has 7 heteroatoms. The summed E-state index contributed by atoms with van der Waals surface area (Å²) in [4.78, 5) is 8.03. The fraction of sp³-hybridized carbons (Fsp3) is 0.500. The maximum Gasteiger partial charge on any atom is 0.146 e. The number of ether oxygens (including phenoxy) is 1. The molecular weight excluding hydrogens is 390 g/mol. The van der Waals surface area contributed by atoms with Crippen molar-refractivity contribution in [2.45, 2.75) is 59.4 Å². The van der Waals surface area contributed by atoms with Gasteiger partial charge in [-0.25, -0.2) is 0 Å². The van der Waals surface area contributed by atoms with Gasteiger partial charge in [-0.3, -0.25) is 9.98 Å². The Morgan fingerprint density at radius 1 is 1.13 bits per heavy atom. The lowest BCUT2D eigenvalue weighted by atomic mass is 10.2. The van der Waals surface area contributed by atoms with Crippen molar-refractivity contribution in [3.63, 3.8) is 0 Å². The number of aliphatic imine (C=N–C) groups is 2. The summed E-state index contributed by atoms with van der Waals surface area (Å²) in [5.41, 5.74) is 13.8. The smallest absolute Gasteiger partial charge is 0.146 e. The van der Waals surface area contributed by atoms with E-state index in [2.05, 4.69) is 23.6 Å². The molecule has 174 valence electrons. The molecule has 0 radical (unpaired) electrons. The molecule has 1 heterocycles. The van der Waals surface area contributed by atoms with E-state index >= 15 is 0 Å². The Morgan fingerprint density at radius 3 is 2.39 bits per heavy atom. The quantitative estimate of drug-likeness (QED) is 0.277. The molecule has 5 N–H and O–H groups in total. The lowest BCUT2D eigenvalue weighted by Gasteiger charge is -2.12. The minimum atomic E-state index is 0.127. The molecule has 1 aromatic heterocycles. The zero-order chi connectivity index (χ0) is 23.5. The zero-order valence-electron chi connectivity index (χ0n) is 19.7. The van der Waals surface area contributed by atoms with Crippen LogP contribution in [0.25, 0.3) is 0 Å². The van der Waals surface area contributed by atoms with Crippen LogP contribution in [0.2, 0.25) is 0 Å². The molecule has 1 aromatic carbocycles. The molecule has 0 bridgehead atoms. The molecule has 0 saturated heterocycles. The minimum absolute atomic E-state index is 0.127. The van der Waals surface area contributed by atoms with E-state index < -0.39 is 0 Å². The lowest BCUT2D eigenvalue weighted by molar-refractivity contribution is 0.282. The van der Waals surface area contributed by atoms with Crippen LogP contribution in [0.1, 0.15) is 64.1 Å². The average Bonchev–Trinajstić information content (AvgIpc) is 3.22. The number of para-hydroxylation sites is 1. The van der Waals surface area contributed by atoms with Gasteiger partial charge in [-0.05, 0) is 25.3 Å². The highest BCUT2D eigenvalue weighted by atomic mass is 16.5. The summed E-state index contributed by atoms with van der Waals surface area (Å²) >= 11 is 0. The molecule has 0 aliphatic heterocycles. The van der Waals surface area contributed by atoms with Crippen LogP contribution in [-0.2, 0) is 6.54 Å². The Morgan fingerprint density at radius 2 is 1.81 bits per heavy atom. The molecule has 31 heavy (non-hydrogen) atoms. The topological polar surface area (TPSA) is 111 Å². The van der Waals surface area contributed by atoms with Crippen LogP contribution in [0.15, 0.2) is 46.5 Å². The normalized spacial score (nSPS) is 10.5. The molecule has 0 saturated carbocycles. The Bertz CT molecular complexity index is 750. The van der Waals surface area contributed by atoms with Crippen molar-refractivity contribution in [2.75, 3.05) is 20.4 Å². The highest BCUT2D eigenvalue weighted by Crippen LogP contribution is 2.24. The van der Waals surface area contributed by atoms with Gasteiger partial charge < -0.3 is 25.9 Å². The molecule has 0 atom stereocenters. The van der Waals surface area contributed by atoms with Gasteiger partial charge in [-0.1, -0.05) is 64.7 Å². The van der Waals surface area contributed by atoms with Crippen LogP contribution in [0.4, 0.5) is 5.69 Å². The molecule has 2 aromatic rings. The number of benzene rings is 1. The first-order valence-corrected chi connectivity index (χ1v) is 11.0. The summed E-state index contributed by atoms with van der Waals surface area (Å²) in [6.07, 6.45) is 7.97. The number of amidine groups is 1. The second kappa shape index (κ2) is 18.2. The van der Waals surface area contributed by atoms with Gasteiger partial charge in [0.15, 0.2) is 0 Å². The van der Waals surface area contributed by atoms with E-state index in [1.807, 2.05) is 54.9 Å². The number of aliphatic hydroxyl groups excluding tert-OH is 1. The molecule has 0 fully saturated rings. The summed E-state index contributed by atoms with van der Waals surface area (Å²) in [5.74, 6) is 1.17. The lowest BCUT2D eigenvalue weighted by Crippen LogP contribution is -2.20. The van der Waals surface area contributed by atoms with Crippen LogP contribution < -0.4 is 16.2 Å². The minimum Gasteiger partial charge on any atom is -0.496 e. The SMILES string of the molecule is C=Nc1ccn(Cc2ccccc2OC)c1/C(N)=N\CN.CC.CCCCCCCO. The maximum absolute atomic E-state index is 8.37. The van der Waals surface area contributed by atoms with Crippen LogP contribution in [0, 0.1) is 0 Å². The zero-order valence-corrected chi connectivity index (χ0v) is 19.7. The molecule has 0 unspecified atom stereocenters.